The van der Waals surface area contributed by atoms with Crippen molar-refractivity contribution < 1.29 is 29.6 Å². The van der Waals surface area contributed by atoms with Crippen LogP contribution in [0.1, 0.15) is 67.6 Å². The lowest BCUT2D eigenvalue weighted by Crippen LogP contribution is -2.32. The highest BCUT2D eigenvalue weighted by molar-refractivity contribution is 6.04. The van der Waals surface area contributed by atoms with Crippen molar-refractivity contribution in [2.24, 2.45) is 0 Å². The van der Waals surface area contributed by atoms with Crippen LogP contribution in [0.2, 0.25) is 0 Å². The number of carbonyl (C=O) groups excluding carboxylic acids is 1. The maximum absolute atomic E-state index is 12.8. The monoisotopic (exact) mass is 422 g/mol. The molecule has 3 N–H and O–H groups in total. The normalized spacial score (nSPS) is 21.5. The second-order valence-corrected chi connectivity index (χ2v) is 8.59. The Morgan fingerprint density at radius 1 is 1.13 bits per heavy atom. The highest BCUT2D eigenvalue weighted by Gasteiger charge is 2.36. The molecule has 2 aromatic carbocycles. The maximum Gasteiger partial charge on any atom is 0.174 e. The first-order chi connectivity index (χ1) is 14.6. The van der Waals surface area contributed by atoms with Crippen LogP contribution in [0.15, 0.2) is 42.0 Å². The van der Waals surface area contributed by atoms with Crippen LogP contribution in [0, 0.1) is 0 Å². The quantitative estimate of drug-likeness (QED) is 0.569. The molecule has 0 saturated carbocycles. The summed E-state index contributed by atoms with van der Waals surface area (Å²) in [4.78, 5) is 12.8. The molecule has 0 bridgehead atoms. The molecule has 2 aromatic rings. The average Bonchev–Trinajstić information content (AvgIpc) is 2.66. The SMILES string of the molecule is CC(C)=CCCC1(C)C=Cc2c(cc3c(c2O)C(=O)C[C@@H](c2cc(O)cc(O)c2)O3)O1. The van der Waals surface area contributed by atoms with E-state index in [1.54, 1.807) is 12.1 Å². The molecule has 4 rings (SSSR count). The number of allylic oxidation sites excluding steroid dienone is 2. The number of Topliss-reactive ketones (excluding diaryl/α,β-unsaturated/α-hetero) is 1. The predicted octanol–water partition coefficient (Wildman–Crippen LogP) is 5.42. The number of hydrogen-bond acceptors (Lipinski definition) is 6. The zero-order valence-electron chi connectivity index (χ0n) is 17.8. The molecule has 6 heteroatoms. The number of carbonyl (C=O) groups is 1. The number of fused-ring (bicyclic) bond motifs is 2. The Labute approximate surface area is 181 Å². The van der Waals surface area contributed by atoms with Gasteiger partial charge in [0.05, 0.1) is 12.0 Å². The van der Waals surface area contributed by atoms with E-state index in [1.165, 1.54) is 23.8 Å². The molecule has 0 fully saturated rings. The van der Waals surface area contributed by atoms with Crippen LogP contribution in [-0.4, -0.2) is 26.7 Å². The Morgan fingerprint density at radius 2 is 1.84 bits per heavy atom. The van der Waals surface area contributed by atoms with Gasteiger partial charge in [0.25, 0.3) is 0 Å². The summed E-state index contributed by atoms with van der Waals surface area (Å²) >= 11 is 0. The van der Waals surface area contributed by atoms with Gasteiger partial charge in [-0.1, -0.05) is 11.6 Å². The lowest BCUT2D eigenvalue weighted by atomic mass is 9.90. The molecule has 2 heterocycles. The average molecular weight is 422 g/mol. The van der Waals surface area contributed by atoms with E-state index in [0.29, 0.717) is 16.9 Å². The lowest BCUT2D eigenvalue weighted by molar-refractivity contribution is 0.0839. The summed E-state index contributed by atoms with van der Waals surface area (Å²) in [6, 6.07) is 5.74. The van der Waals surface area contributed by atoms with E-state index in [-0.39, 0.29) is 40.8 Å². The molecule has 0 radical (unpaired) electrons. The van der Waals surface area contributed by atoms with Gasteiger partial charge in [-0.3, -0.25) is 4.79 Å². The molecule has 0 amide bonds. The van der Waals surface area contributed by atoms with E-state index in [4.69, 9.17) is 9.47 Å². The molecule has 2 aliphatic heterocycles. The van der Waals surface area contributed by atoms with Crippen molar-refractivity contribution in [3.63, 3.8) is 0 Å². The van der Waals surface area contributed by atoms with Crippen molar-refractivity contribution in [3.05, 3.63) is 58.7 Å². The summed E-state index contributed by atoms with van der Waals surface area (Å²) < 4.78 is 12.2. The highest BCUT2D eigenvalue weighted by atomic mass is 16.5. The van der Waals surface area contributed by atoms with Gasteiger partial charge in [0.1, 0.15) is 46.0 Å². The van der Waals surface area contributed by atoms with Crippen molar-refractivity contribution in [1.29, 1.82) is 0 Å². The van der Waals surface area contributed by atoms with Crippen LogP contribution in [-0.2, 0) is 0 Å². The van der Waals surface area contributed by atoms with E-state index in [1.807, 2.05) is 13.0 Å². The summed E-state index contributed by atoms with van der Waals surface area (Å²) in [5.74, 6) is 0.00129. The fourth-order valence-corrected chi connectivity index (χ4v) is 4.03. The predicted molar refractivity (Wildman–Crippen MR) is 117 cm³/mol. The second kappa shape index (κ2) is 7.69. The molecule has 2 atom stereocenters. The van der Waals surface area contributed by atoms with E-state index in [2.05, 4.69) is 19.9 Å². The number of phenolic OH excluding ortho intramolecular Hbond substituents is 3. The minimum Gasteiger partial charge on any atom is -0.508 e. The third kappa shape index (κ3) is 4.10. The van der Waals surface area contributed by atoms with Gasteiger partial charge in [-0.2, -0.15) is 0 Å². The fraction of sp³-hybridized carbons (Fsp3) is 0.320. The zero-order chi connectivity index (χ0) is 22.3. The van der Waals surface area contributed by atoms with Crippen LogP contribution in [0.3, 0.4) is 0 Å². The number of ether oxygens (including phenoxy) is 2. The van der Waals surface area contributed by atoms with E-state index < -0.39 is 11.7 Å². The van der Waals surface area contributed by atoms with Gasteiger partial charge >= 0.3 is 0 Å². The lowest BCUT2D eigenvalue weighted by Gasteiger charge is -2.34. The largest absolute Gasteiger partial charge is 0.508 e. The number of aromatic hydroxyl groups is 3. The Morgan fingerprint density at radius 3 is 2.52 bits per heavy atom. The molecular weight excluding hydrogens is 396 g/mol. The first-order valence-electron chi connectivity index (χ1n) is 10.3. The summed E-state index contributed by atoms with van der Waals surface area (Å²) in [6.07, 6.45) is 6.76. The molecule has 0 spiro atoms. The first kappa shape index (κ1) is 20.8. The third-order valence-corrected chi connectivity index (χ3v) is 5.62. The van der Waals surface area contributed by atoms with Crippen molar-refractivity contribution >= 4 is 11.9 Å². The summed E-state index contributed by atoms with van der Waals surface area (Å²) in [5, 5.41) is 30.4. The topological polar surface area (TPSA) is 96.2 Å². The van der Waals surface area contributed by atoms with Crippen LogP contribution < -0.4 is 9.47 Å². The molecule has 162 valence electrons. The minimum absolute atomic E-state index is 0.0206. The van der Waals surface area contributed by atoms with Gasteiger partial charge in [-0.25, -0.2) is 0 Å². The van der Waals surface area contributed by atoms with Gasteiger partial charge < -0.3 is 24.8 Å². The smallest absolute Gasteiger partial charge is 0.174 e. The summed E-state index contributed by atoms with van der Waals surface area (Å²) in [5.41, 5.74) is 1.76. The van der Waals surface area contributed by atoms with Crippen molar-refractivity contribution in [3.8, 4) is 28.7 Å². The Kier molecular flexibility index (Phi) is 5.17. The van der Waals surface area contributed by atoms with E-state index in [0.717, 1.165) is 12.8 Å². The van der Waals surface area contributed by atoms with Crippen molar-refractivity contribution in [2.75, 3.05) is 0 Å². The summed E-state index contributed by atoms with van der Waals surface area (Å²) in [7, 11) is 0. The van der Waals surface area contributed by atoms with Gasteiger partial charge in [0, 0.05) is 17.7 Å². The van der Waals surface area contributed by atoms with Crippen LogP contribution in [0.4, 0.5) is 0 Å². The maximum atomic E-state index is 12.8. The number of phenols is 3. The molecule has 6 nitrogen and oxygen atoms in total. The standard InChI is InChI=1S/C25H26O6/c1-14(2)5-4-7-25(3)8-6-18-21(31-25)13-22-23(24(18)29)19(28)12-20(30-22)15-9-16(26)11-17(27)10-15/h5-6,8-11,13,20,26-27,29H,4,7,12H2,1-3H3/t20-,25?/m0/s1. The highest BCUT2D eigenvalue weighted by Crippen LogP contribution is 2.48. The van der Waals surface area contributed by atoms with Crippen LogP contribution in [0.5, 0.6) is 28.7 Å². The molecule has 0 aliphatic carbocycles. The molecule has 31 heavy (non-hydrogen) atoms. The minimum atomic E-state index is -0.696. The van der Waals surface area contributed by atoms with Crippen molar-refractivity contribution in [2.45, 2.75) is 51.7 Å². The fourth-order valence-electron chi connectivity index (χ4n) is 4.03. The number of rotatable bonds is 4. The zero-order valence-corrected chi connectivity index (χ0v) is 17.8. The van der Waals surface area contributed by atoms with E-state index in [9.17, 15) is 20.1 Å². The Balaban J connectivity index is 1.67. The van der Waals surface area contributed by atoms with Gasteiger partial charge in [-0.05, 0) is 57.9 Å². The Bertz CT molecular complexity index is 1090. The second-order valence-electron chi connectivity index (χ2n) is 8.59. The van der Waals surface area contributed by atoms with Crippen LogP contribution in [0.25, 0.3) is 6.08 Å². The molecule has 1 unspecified atom stereocenters. The third-order valence-electron chi connectivity index (χ3n) is 5.62. The number of ketones is 1. The van der Waals surface area contributed by atoms with Gasteiger partial charge in [-0.15, -0.1) is 0 Å². The number of benzene rings is 2. The Hall–Kier alpha value is -3.41. The van der Waals surface area contributed by atoms with Crippen LogP contribution >= 0.6 is 0 Å². The molecule has 0 saturated heterocycles. The first-order valence-corrected chi connectivity index (χ1v) is 10.3. The molecule has 2 aliphatic rings. The molecule has 0 aromatic heterocycles. The van der Waals surface area contributed by atoms with Crippen molar-refractivity contribution in [1.82, 2.24) is 0 Å². The molecular formula is C25H26O6. The van der Waals surface area contributed by atoms with E-state index >= 15 is 0 Å². The number of hydrogen-bond donors (Lipinski definition) is 3. The van der Waals surface area contributed by atoms with Gasteiger partial charge in [0.2, 0.25) is 0 Å². The summed E-state index contributed by atoms with van der Waals surface area (Å²) in [6.45, 7) is 6.08. The van der Waals surface area contributed by atoms with Gasteiger partial charge in [0.15, 0.2) is 5.78 Å².